The molecule has 0 aliphatic rings. The van der Waals surface area contributed by atoms with Gasteiger partial charge in [0.15, 0.2) is 0 Å². The summed E-state index contributed by atoms with van der Waals surface area (Å²) in [6, 6.07) is 13.1. The predicted molar refractivity (Wildman–Crippen MR) is 90.8 cm³/mol. The Hall–Kier alpha value is -2.54. The zero-order valence-electron chi connectivity index (χ0n) is 12.5. The number of hydrogen-bond acceptors (Lipinski definition) is 4. The van der Waals surface area contributed by atoms with Gasteiger partial charge in [0.1, 0.15) is 5.82 Å². The number of anilines is 1. The number of amides is 1. The van der Waals surface area contributed by atoms with Crippen LogP contribution in [-0.2, 0) is 11.2 Å². The fourth-order valence-corrected chi connectivity index (χ4v) is 2.47. The number of halogens is 2. The average molecular weight is 390 g/mol. The maximum absolute atomic E-state index is 12.9. The summed E-state index contributed by atoms with van der Waals surface area (Å²) >= 11 is 3.35. The van der Waals surface area contributed by atoms with Crippen LogP contribution in [0.15, 0.2) is 57.4 Å². The summed E-state index contributed by atoms with van der Waals surface area (Å²) in [5, 5.41) is 10.6. The highest BCUT2D eigenvalue weighted by Gasteiger charge is 2.11. The maximum Gasteiger partial charge on any atom is 0.247 e. The van der Waals surface area contributed by atoms with Crippen molar-refractivity contribution in [3.63, 3.8) is 0 Å². The maximum atomic E-state index is 12.9. The number of nitrogens with one attached hydrogen (secondary N) is 1. The Kier molecular flexibility index (Phi) is 5.00. The zero-order valence-corrected chi connectivity index (χ0v) is 14.1. The molecule has 1 heterocycles. The van der Waals surface area contributed by atoms with Crippen molar-refractivity contribution in [2.75, 3.05) is 5.32 Å². The lowest BCUT2D eigenvalue weighted by molar-refractivity contribution is -0.116. The Labute approximate surface area is 146 Å². The summed E-state index contributed by atoms with van der Waals surface area (Å²) in [6.45, 7) is 0. The van der Waals surface area contributed by atoms with Gasteiger partial charge in [0.2, 0.25) is 17.7 Å². The van der Waals surface area contributed by atoms with Crippen LogP contribution in [0, 0.1) is 5.82 Å². The molecule has 0 unspecified atom stereocenters. The van der Waals surface area contributed by atoms with E-state index >= 15 is 0 Å². The largest absolute Gasteiger partial charge is 0.421 e. The molecule has 3 aromatic rings. The van der Waals surface area contributed by atoms with E-state index in [4.69, 9.17) is 4.42 Å². The molecule has 0 atom stereocenters. The van der Waals surface area contributed by atoms with Crippen LogP contribution < -0.4 is 5.32 Å². The van der Waals surface area contributed by atoms with Crippen LogP contribution in [0.3, 0.4) is 0 Å². The lowest BCUT2D eigenvalue weighted by atomic mass is 10.2. The van der Waals surface area contributed by atoms with Gasteiger partial charge in [-0.2, -0.15) is 0 Å². The minimum absolute atomic E-state index is 0.144. The van der Waals surface area contributed by atoms with Gasteiger partial charge in [-0.25, -0.2) is 4.39 Å². The second-order valence-corrected chi connectivity index (χ2v) is 5.98. The predicted octanol–water partition coefficient (Wildman–Crippen LogP) is 4.21. The highest BCUT2D eigenvalue weighted by molar-refractivity contribution is 9.10. The minimum atomic E-state index is -0.331. The molecule has 0 spiro atoms. The van der Waals surface area contributed by atoms with Crippen molar-refractivity contribution in [3.05, 3.63) is 64.7 Å². The van der Waals surface area contributed by atoms with E-state index in [0.29, 0.717) is 29.5 Å². The van der Waals surface area contributed by atoms with Crippen LogP contribution in [0.5, 0.6) is 0 Å². The normalized spacial score (nSPS) is 10.6. The SMILES string of the molecule is O=C(CCc1nnc(-c2ccc(F)cc2)o1)Nc1cccc(Br)c1. The molecule has 0 saturated carbocycles. The average Bonchev–Trinajstić information content (AvgIpc) is 3.03. The molecule has 0 bridgehead atoms. The van der Waals surface area contributed by atoms with Crippen molar-refractivity contribution >= 4 is 27.5 Å². The Morgan fingerprint density at radius 2 is 1.96 bits per heavy atom. The quantitative estimate of drug-likeness (QED) is 0.709. The fraction of sp³-hybridized carbons (Fsp3) is 0.118. The topological polar surface area (TPSA) is 68.0 Å². The lowest BCUT2D eigenvalue weighted by Gasteiger charge is -2.04. The van der Waals surface area contributed by atoms with Crippen molar-refractivity contribution in [1.29, 1.82) is 0 Å². The van der Waals surface area contributed by atoms with Gasteiger partial charge in [-0.3, -0.25) is 4.79 Å². The van der Waals surface area contributed by atoms with Gasteiger partial charge in [0.25, 0.3) is 0 Å². The third-order valence-corrected chi connectivity index (χ3v) is 3.73. The van der Waals surface area contributed by atoms with Crippen LogP contribution in [0.2, 0.25) is 0 Å². The Morgan fingerprint density at radius 1 is 1.17 bits per heavy atom. The first kappa shape index (κ1) is 16.3. The zero-order chi connectivity index (χ0) is 16.9. The van der Waals surface area contributed by atoms with E-state index in [-0.39, 0.29) is 18.1 Å². The first-order valence-electron chi connectivity index (χ1n) is 7.24. The highest BCUT2D eigenvalue weighted by Crippen LogP contribution is 2.19. The van der Waals surface area contributed by atoms with Crippen LogP contribution in [0.1, 0.15) is 12.3 Å². The molecule has 3 rings (SSSR count). The van der Waals surface area contributed by atoms with Crippen LogP contribution in [0.4, 0.5) is 10.1 Å². The number of hydrogen-bond donors (Lipinski definition) is 1. The second kappa shape index (κ2) is 7.35. The summed E-state index contributed by atoms with van der Waals surface area (Å²) in [6.07, 6.45) is 0.547. The Balaban J connectivity index is 1.57. The Morgan fingerprint density at radius 3 is 2.71 bits per heavy atom. The summed E-state index contributed by atoms with van der Waals surface area (Å²) in [5.41, 5.74) is 1.35. The van der Waals surface area contributed by atoms with Gasteiger partial charge < -0.3 is 9.73 Å². The number of carbonyl (C=O) groups excluding carboxylic acids is 1. The van der Waals surface area contributed by atoms with E-state index in [0.717, 1.165) is 4.47 Å². The third kappa shape index (κ3) is 4.26. The number of carbonyl (C=O) groups is 1. The summed E-state index contributed by atoms with van der Waals surface area (Å²) in [5.74, 6) is 0.188. The third-order valence-electron chi connectivity index (χ3n) is 3.23. The molecule has 122 valence electrons. The lowest BCUT2D eigenvalue weighted by Crippen LogP contribution is -2.12. The molecule has 7 heteroatoms. The van der Waals surface area contributed by atoms with Gasteiger partial charge in [-0.05, 0) is 42.5 Å². The smallest absolute Gasteiger partial charge is 0.247 e. The van der Waals surface area contributed by atoms with Gasteiger partial charge in [0, 0.05) is 28.6 Å². The molecule has 0 radical (unpaired) electrons. The van der Waals surface area contributed by atoms with E-state index in [1.807, 2.05) is 24.3 Å². The highest BCUT2D eigenvalue weighted by atomic mass is 79.9. The number of benzene rings is 2. The monoisotopic (exact) mass is 389 g/mol. The van der Waals surface area contributed by atoms with E-state index in [1.165, 1.54) is 12.1 Å². The molecule has 0 aliphatic heterocycles. The first-order valence-corrected chi connectivity index (χ1v) is 8.03. The summed E-state index contributed by atoms with van der Waals surface area (Å²) in [7, 11) is 0. The number of aromatic nitrogens is 2. The van der Waals surface area contributed by atoms with Gasteiger partial charge in [0.05, 0.1) is 0 Å². The van der Waals surface area contributed by atoms with E-state index in [2.05, 4.69) is 31.4 Å². The molecule has 1 aromatic heterocycles. The van der Waals surface area contributed by atoms with Gasteiger partial charge in [-0.15, -0.1) is 10.2 Å². The first-order chi connectivity index (χ1) is 11.6. The molecule has 1 N–H and O–H groups in total. The Bertz CT molecular complexity index is 849. The van der Waals surface area contributed by atoms with Crippen molar-refractivity contribution < 1.29 is 13.6 Å². The molecule has 1 amide bonds. The van der Waals surface area contributed by atoms with E-state index in [9.17, 15) is 9.18 Å². The van der Waals surface area contributed by atoms with Crippen molar-refractivity contribution in [2.24, 2.45) is 0 Å². The molecule has 0 saturated heterocycles. The minimum Gasteiger partial charge on any atom is -0.421 e. The standard InChI is InChI=1S/C17H13BrFN3O2/c18-12-2-1-3-14(10-12)20-15(23)8-9-16-21-22-17(24-16)11-4-6-13(19)7-5-11/h1-7,10H,8-9H2,(H,20,23). The number of aryl methyl sites for hydroxylation is 1. The second-order valence-electron chi connectivity index (χ2n) is 5.07. The number of nitrogens with zero attached hydrogens (tertiary/aromatic N) is 2. The van der Waals surface area contributed by atoms with Crippen molar-refractivity contribution in [1.82, 2.24) is 10.2 Å². The van der Waals surface area contributed by atoms with E-state index < -0.39 is 0 Å². The number of rotatable bonds is 5. The van der Waals surface area contributed by atoms with Crippen LogP contribution in [0.25, 0.3) is 11.5 Å². The van der Waals surface area contributed by atoms with Crippen molar-refractivity contribution in [3.8, 4) is 11.5 Å². The molecule has 0 aliphatic carbocycles. The van der Waals surface area contributed by atoms with Gasteiger partial charge >= 0.3 is 0 Å². The summed E-state index contributed by atoms with van der Waals surface area (Å²) < 4.78 is 19.3. The molecule has 0 fully saturated rings. The van der Waals surface area contributed by atoms with Crippen LogP contribution >= 0.6 is 15.9 Å². The molecule has 2 aromatic carbocycles. The molecule has 5 nitrogen and oxygen atoms in total. The summed E-state index contributed by atoms with van der Waals surface area (Å²) in [4.78, 5) is 12.0. The molecular formula is C17H13BrFN3O2. The van der Waals surface area contributed by atoms with E-state index in [1.54, 1.807) is 12.1 Å². The molecular weight excluding hydrogens is 377 g/mol. The van der Waals surface area contributed by atoms with Crippen LogP contribution in [-0.4, -0.2) is 16.1 Å². The van der Waals surface area contributed by atoms with Gasteiger partial charge in [-0.1, -0.05) is 22.0 Å². The fourth-order valence-electron chi connectivity index (χ4n) is 2.07. The van der Waals surface area contributed by atoms with Crippen molar-refractivity contribution in [2.45, 2.75) is 12.8 Å². The molecule has 24 heavy (non-hydrogen) atoms.